The third-order valence-electron chi connectivity index (χ3n) is 2.04. The normalized spacial score (nSPS) is 11.1. The van der Waals surface area contributed by atoms with E-state index < -0.39 is 0 Å². The van der Waals surface area contributed by atoms with Gasteiger partial charge in [0.05, 0.1) is 0 Å². The van der Waals surface area contributed by atoms with Crippen molar-refractivity contribution in [1.29, 1.82) is 0 Å². The van der Waals surface area contributed by atoms with E-state index in [0.29, 0.717) is 0 Å². The summed E-state index contributed by atoms with van der Waals surface area (Å²) in [5.74, 6) is 0. The number of anilines is 1. The standard InChI is InChI=1S/C9H18N4S/c1-3-5-13(6-4-2)7-8-9(10)14-12-11-8/h3-7,10H2,1-2H3. The van der Waals surface area contributed by atoms with Gasteiger partial charge < -0.3 is 5.73 Å². The Morgan fingerprint density at radius 3 is 2.36 bits per heavy atom. The van der Waals surface area contributed by atoms with Crippen molar-refractivity contribution in [2.75, 3.05) is 18.8 Å². The van der Waals surface area contributed by atoms with Gasteiger partial charge >= 0.3 is 0 Å². The molecule has 0 unspecified atom stereocenters. The summed E-state index contributed by atoms with van der Waals surface area (Å²) in [4.78, 5) is 2.37. The van der Waals surface area contributed by atoms with Gasteiger partial charge in [-0.2, -0.15) is 0 Å². The molecular weight excluding hydrogens is 196 g/mol. The zero-order valence-corrected chi connectivity index (χ0v) is 9.68. The number of rotatable bonds is 6. The quantitative estimate of drug-likeness (QED) is 0.783. The van der Waals surface area contributed by atoms with Crippen molar-refractivity contribution in [3.63, 3.8) is 0 Å². The second-order valence-electron chi connectivity index (χ2n) is 3.36. The van der Waals surface area contributed by atoms with Crippen LogP contribution in [0, 0.1) is 0 Å². The molecule has 0 aromatic carbocycles. The molecule has 0 saturated carbocycles. The van der Waals surface area contributed by atoms with Crippen LogP contribution in [-0.2, 0) is 6.54 Å². The minimum absolute atomic E-state index is 0.752. The number of nitrogens with zero attached hydrogens (tertiary/aromatic N) is 3. The van der Waals surface area contributed by atoms with Gasteiger partial charge in [0.25, 0.3) is 0 Å². The molecule has 0 spiro atoms. The van der Waals surface area contributed by atoms with Crippen LogP contribution in [0.15, 0.2) is 0 Å². The molecule has 0 saturated heterocycles. The van der Waals surface area contributed by atoms with Gasteiger partial charge in [-0.1, -0.05) is 18.3 Å². The van der Waals surface area contributed by atoms with Crippen molar-refractivity contribution >= 4 is 16.5 Å². The molecule has 1 aromatic rings. The van der Waals surface area contributed by atoms with Crippen LogP contribution >= 0.6 is 11.5 Å². The molecule has 1 aromatic heterocycles. The Hall–Kier alpha value is -0.680. The Kier molecular flexibility index (Phi) is 4.82. The third kappa shape index (κ3) is 3.23. The first kappa shape index (κ1) is 11.4. The fraction of sp³-hybridized carbons (Fsp3) is 0.778. The zero-order valence-electron chi connectivity index (χ0n) is 8.86. The lowest BCUT2D eigenvalue weighted by Gasteiger charge is -2.19. The van der Waals surface area contributed by atoms with E-state index in [1.807, 2.05) is 0 Å². The molecule has 80 valence electrons. The average molecular weight is 214 g/mol. The maximum Gasteiger partial charge on any atom is 0.132 e. The van der Waals surface area contributed by atoms with Gasteiger partial charge in [0.2, 0.25) is 0 Å². The monoisotopic (exact) mass is 214 g/mol. The minimum Gasteiger partial charge on any atom is -0.388 e. The summed E-state index contributed by atoms with van der Waals surface area (Å²) in [6.07, 6.45) is 2.33. The van der Waals surface area contributed by atoms with E-state index in [9.17, 15) is 0 Å². The molecule has 2 N–H and O–H groups in total. The van der Waals surface area contributed by atoms with Crippen molar-refractivity contribution in [3.8, 4) is 0 Å². The summed E-state index contributed by atoms with van der Waals surface area (Å²) in [5.41, 5.74) is 6.68. The van der Waals surface area contributed by atoms with E-state index in [0.717, 1.165) is 43.2 Å². The number of nitrogen functional groups attached to an aromatic ring is 1. The molecule has 0 radical (unpaired) electrons. The fourth-order valence-corrected chi connectivity index (χ4v) is 1.88. The minimum atomic E-state index is 0.752. The summed E-state index contributed by atoms with van der Waals surface area (Å²) >= 11 is 1.27. The number of nitrogens with two attached hydrogens (primary N) is 1. The molecule has 5 heteroatoms. The molecule has 1 rings (SSSR count). The maximum absolute atomic E-state index is 5.75. The van der Waals surface area contributed by atoms with Gasteiger partial charge in [-0.05, 0) is 25.9 Å². The summed E-state index contributed by atoms with van der Waals surface area (Å²) in [6.45, 7) is 7.41. The van der Waals surface area contributed by atoms with Gasteiger partial charge in [-0.25, -0.2) is 0 Å². The number of aromatic nitrogens is 2. The molecule has 1 heterocycles. The van der Waals surface area contributed by atoms with Gasteiger partial charge in [0, 0.05) is 18.1 Å². The van der Waals surface area contributed by atoms with Crippen molar-refractivity contribution in [1.82, 2.24) is 14.5 Å². The molecule has 0 aliphatic heterocycles. The molecular formula is C9H18N4S. The first-order valence-electron chi connectivity index (χ1n) is 5.07. The first-order chi connectivity index (χ1) is 6.77. The highest BCUT2D eigenvalue weighted by molar-refractivity contribution is 7.09. The second-order valence-corrected chi connectivity index (χ2v) is 4.15. The zero-order chi connectivity index (χ0) is 10.4. The van der Waals surface area contributed by atoms with Crippen LogP contribution in [0.2, 0.25) is 0 Å². The van der Waals surface area contributed by atoms with E-state index in [1.54, 1.807) is 0 Å². The van der Waals surface area contributed by atoms with Gasteiger partial charge in [-0.3, -0.25) is 4.90 Å². The second kappa shape index (κ2) is 5.93. The van der Waals surface area contributed by atoms with E-state index in [2.05, 4.69) is 28.3 Å². The van der Waals surface area contributed by atoms with Crippen LogP contribution in [0.4, 0.5) is 5.00 Å². The van der Waals surface area contributed by atoms with Gasteiger partial charge in [-0.15, -0.1) is 5.10 Å². The Morgan fingerprint density at radius 2 is 1.93 bits per heavy atom. The van der Waals surface area contributed by atoms with Crippen LogP contribution < -0.4 is 5.73 Å². The van der Waals surface area contributed by atoms with Crippen LogP contribution in [0.3, 0.4) is 0 Å². The largest absolute Gasteiger partial charge is 0.388 e. The Balaban J connectivity index is 2.50. The first-order valence-corrected chi connectivity index (χ1v) is 5.84. The predicted octanol–water partition coefficient (Wildman–Crippen LogP) is 1.74. The molecule has 0 aliphatic rings. The van der Waals surface area contributed by atoms with E-state index in [-0.39, 0.29) is 0 Å². The van der Waals surface area contributed by atoms with Crippen molar-refractivity contribution < 1.29 is 0 Å². The van der Waals surface area contributed by atoms with Gasteiger partial charge in [0.15, 0.2) is 0 Å². The van der Waals surface area contributed by atoms with E-state index in [1.165, 1.54) is 11.5 Å². The highest BCUT2D eigenvalue weighted by Crippen LogP contribution is 2.14. The number of hydrogen-bond donors (Lipinski definition) is 1. The lowest BCUT2D eigenvalue weighted by Crippen LogP contribution is -2.25. The van der Waals surface area contributed by atoms with Crippen molar-refractivity contribution in [3.05, 3.63) is 5.69 Å². The van der Waals surface area contributed by atoms with E-state index in [4.69, 9.17) is 5.73 Å². The smallest absolute Gasteiger partial charge is 0.132 e. The van der Waals surface area contributed by atoms with Gasteiger partial charge in [0.1, 0.15) is 10.7 Å². The fourth-order valence-electron chi connectivity index (χ4n) is 1.44. The molecule has 14 heavy (non-hydrogen) atoms. The highest BCUT2D eigenvalue weighted by Gasteiger charge is 2.09. The summed E-state index contributed by atoms with van der Waals surface area (Å²) in [5, 5.41) is 4.77. The lowest BCUT2D eigenvalue weighted by molar-refractivity contribution is 0.264. The molecule has 0 bridgehead atoms. The SMILES string of the molecule is CCCN(CCC)Cc1nnsc1N. The lowest BCUT2D eigenvalue weighted by atomic mass is 10.3. The Bertz CT molecular complexity index is 255. The molecule has 4 nitrogen and oxygen atoms in total. The molecule has 0 atom stereocenters. The third-order valence-corrected chi connectivity index (χ3v) is 2.63. The van der Waals surface area contributed by atoms with Crippen LogP contribution in [0.25, 0.3) is 0 Å². The maximum atomic E-state index is 5.75. The number of hydrogen-bond acceptors (Lipinski definition) is 5. The van der Waals surface area contributed by atoms with Crippen LogP contribution in [0.5, 0.6) is 0 Å². The predicted molar refractivity (Wildman–Crippen MR) is 60.2 cm³/mol. The molecule has 0 fully saturated rings. The van der Waals surface area contributed by atoms with Crippen molar-refractivity contribution in [2.24, 2.45) is 0 Å². The Morgan fingerprint density at radius 1 is 1.29 bits per heavy atom. The highest BCUT2D eigenvalue weighted by atomic mass is 32.1. The summed E-state index contributed by atoms with van der Waals surface area (Å²) in [7, 11) is 0. The molecule has 0 amide bonds. The van der Waals surface area contributed by atoms with Crippen LogP contribution in [-0.4, -0.2) is 27.6 Å². The Labute approximate surface area is 89.3 Å². The summed E-state index contributed by atoms with van der Waals surface area (Å²) in [6, 6.07) is 0. The summed E-state index contributed by atoms with van der Waals surface area (Å²) < 4.78 is 3.84. The average Bonchev–Trinajstić information content (AvgIpc) is 2.53. The topological polar surface area (TPSA) is 55.0 Å². The van der Waals surface area contributed by atoms with Crippen molar-refractivity contribution in [2.45, 2.75) is 33.2 Å². The van der Waals surface area contributed by atoms with Crippen LogP contribution in [0.1, 0.15) is 32.4 Å². The van der Waals surface area contributed by atoms with E-state index >= 15 is 0 Å². The molecule has 0 aliphatic carbocycles.